The fourth-order valence-electron chi connectivity index (χ4n) is 3.80. The van der Waals surface area contributed by atoms with Gasteiger partial charge in [0.25, 0.3) is 0 Å². The average Bonchev–Trinajstić information content (AvgIpc) is 3.06. The maximum atomic E-state index is 13.0. The zero-order chi connectivity index (χ0) is 17.3. The molecule has 0 aliphatic carbocycles. The third-order valence-corrected chi connectivity index (χ3v) is 5.96. The molecule has 1 aromatic rings. The van der Waals surface area contributed by atoms with Gasteiger partial charge in [-0.1, -0.05) is 0 Å². The van der Waals surface area contributed by atoms with E-state index in [4.69, 9.17) is 0 Å². The van der Waals surface area contributed by atoms with Crippen molar-refractivity contribution in [2.45, 2.75) is 32.7 Å². The molecule has 2 aliphatic rings. The number of carbonyl (C=O) groups excluding carboxylic acids is 2. The SMILES string of the molecule is Cc1nc(CN2CCCC3(CCN(CC(=O)N(C)C)C3=O)C2)cs1. The number of thiazole rings is 1. The van der Waals surface area contributed by atoms with Crippen LogP contribution in [-0.2, 0) is 16.1 Å². The summed E-state index contributed by atoms with van der Waals surface area (Å²) in [6, 6.07) is 0. The second kappa shape index (κ2) is 6.80. The molecule has 0 bridgehead atoms. The Morgan fingerprint density at radius 1 is 1.38 bits per heavy atom. The fraction of sp³-hybridized carbons (Fsp3) is 0.706. The molecule has 1 spiro atoms. The Morgan fingerprint density at radius 2 is 2.17 bits per heavy atom. The molecular formula is C17H26N4O2S. The summed E-state index contributed by atoms with van der Waals surface area (Å²) in [6.07, 6.45) is 2.83. The predicted molar refractivity (Wildman–Crippen MR) is 93.7 cm³/mol. The number of likely N-dealkylation sites (N-methyl/N-ethyl adjacent to an activating group) is 1. The topological polar surface area (TPSA) is 56.8 Å². The summed E-state index contributed by atoms with van der Waals surface area (Å²) in [6.45, 7) is 5.54. The smallest absolute Gasteiger partial charge is 0.241 e. The highest BCUT2D eigenvalue weighted by molar-refractivity contribution is 7.09. The van der Waals surface area contributed by atoms with Gasteiger partial charge < -0.3 is 9.80 Å². The summed E-state index contributed by atoms with van der Waals surface area (Å²) >= 11 is 1.67. The van der Waals surface area contributed by atoms with E-state index in [1.807, 2.05) is 6.92 Å². The molecule has 7 heteroatoms. The highest BCUT2D eigenvalue weighted by atomic mass is 32.1. The number of piperidine rings is 1. The molecule has 2 fully saturated rings. The Balaban J connectivity index is 1.64. The molecule has 2 amide bonds. The van der Waals surface area contributed by atoms with Crippen molar-refractivity contribution in [1.29, 1.82) is 0 Å². The monoisotopic (exact) mass is 350 g/mol. The van der Waals surface area contributed by atoms with Gasteiger partial charge in [0, 0.05) is 39.1 Å². The minimum atomic E-state index is -0.296. The standard InChI is InChI=1S/C17H26N4O2S/c1-13-18-14(11-24-13)9-20-7-4-5-17(12-20)6-8-21(16(17)23)10-15(22)19(2)3/h11H,4-10,12H2,1-3H3. The molecule has 1 unspecified atom stereocenters. The van der Waals surface area contributed by atoms with Gasteiger partial charge in [-0.3, -0.25) is 14.5 Å². The van der Waals surface area contributed by atoms with Crippen molar-refractivity contribution in [3.05, 3.63) is 16.1 Å². The lowest BCUT2D eigenvalue weighted by Crippen LogP contribution is -2.48. The van der Waals surface area contributed by atoms with Gasteiger partial charge in [-0.25, -0.2) is 4.98 Å². The molecule has 0 saturated carbocycles. The number of nitrogens with zero attached hydrogens (tertiary/aromatic N) is 4. The molecule has 1 aromatic heterocycles. The van der Waals surface area contributed by atoms with E-state index in [1.54, 1.807) is 35.2 Å². The molecule has 2 saturated heterocycles. The number of aryl methyl sites for hydroxylation is 1. The van der Waals surface area contributed by atoms with Gasteiger partial charge in [0.05, 0.1) is 22.7 Å². The van der Waals surface area contributed by atoms with Crippen LogP contribution >= 0.6 is 11.3 Å². The Morgan fingerprint density at radius 3 is 2.83 bits per heavy atom. The number of likely N-dealkylation sites (tertiary alicyclic amines) is 2. The maximum absolute atomic E-state index is 13.0. The summed E-state index contributed by atoms with van der Waals surface area (Å²) in [5.41, 5.74) is 0.801. The number of hydrogen-bond donors (Lipinski definition) is 0. The summed E-state index contributed by atoms with van der Waals surface area (Å²) < 4.78 is 0. The van der Waals surface area contributed by atoms with Gasteiger partial charge in [-0.2, -0.15) is 0 Å². The van der Waals surface area contributed by atoms with E-state index < -0.39 is 0 Å². The number of aromatic nitrogens is 1. The zero-order valence-electron chi connectivity index (χ0n) is 14.7. The first-order chi connectivity index (χ1) is 11.4. The Bertz CT molecular complexity index is 630. The van der Waals surface area contributed by atoms with E-state index in [-0.39, 0.29) is 23.8 Å². The Hall–Kier alpha value is -1.47. The van der Waals surface area contributed by atoms with E-state index in [1.165, 1.54) is 0 Å². The maximum Gasteiger partial charge on any atom is 0.241 e. The van der Waals surface area contributed by atoms with Crippen molar-refractivity contribution < 1.29 is 9.59 Å². The van der Waals surface area contributed by atoms with E-state index in [0.717, 1.165) is 49.6 Å². The van der Waals surface area contributed by atoms with E-state index >= 15 is 0 Å². The van der Waals surface area contributed by atoms with Crippen molar-refractivity contribution in [3.8, 4) is 0 Å². The van der Waals surface area contributed by atoms with Gasteiger partial charge >= 0.3 is 0 Å². The van der Waals surface area contributed by atoms with Gasteiger partial charge in [0.15, 0.2) is 0 Å². The second-order valence-corrected chi connectivity index (χ2v) is 8.28. The second-order valence-electron chi connectivity index (χ2n) is 7.22. The third-order valence-electron chi connectivity index (χ3n) is 5.13. The lowest BCUT2D eigenvalue weighted by molar-refractivity contribution is -0.143. The van der Waals surface area contributed by atoms with Crippen LogP contribution in [0.1, 0.15) is 30.0 Å². The molecular weight excluding hydrogens is 324 g/mol. The van der Waals surface area contributed by atoms with Crippen molar-refractivity contribution in [2.75, 3.05) is 40.3 Å². The Kier molecular flexibility index (Phi) is 4.92. The third kappa shape index (κ3) is 3.47. The zero-order valence-corrected chi connectivity index (χ0v) is 15.6. The van der Waals surface area contributed by atoms with Crippen LogP contribution in [0.15, 0.2) is 5.38 Å². The van der Waals surface area contributed by atoms with E-state index in [0.29, 0.717) is 6.54 Å². The average molecular weight is 350 g/mol. The number of rotatable bonds is 4. The molecule has 0 radical (unpaired) electrons. The molecule has 132 valence electrons. The highest BCUT2D eigenvalue weighted by Crippen LogP contribution is 2.40. The van der Waals surface area contributed by atoms with Gasteiger partial charge in [-0.05, 0) is 32.7 Å². The molecule has 2 aliphatic heterocycles. The van der Waals surface area contributed by atoms with E-state index in [9.17, 15) is 9.59 Å². The van der Waals surface area contributed by atoms with Crippen molar-refractivity contribution in [3.63, 3.8) is 0 Å². The quantitative estimate of drug-likeness (QED) is 0.823. The first-order valence-corrected chi connectivity index (χ1v) is 9.40. The van der Waals surface area contributed by atoms with Crippen LogP contribution in [0.2, 0.25) is 0 Å². The van der Waals surface area contributed by atoms with Gasteiger partial charge in [0.2, 0.25) is 11.8 Å². The first kappa shape index (κ1) is 17.4. The number of amides is 2. The first-order valence-electron chi connectivity index (χ1n) is 8.52. The molecule has 24 heavy (non-hydrogen) atoms. The summed E-state index contributed by atoms with van der Waals surface area (Å²) in [5.74, 6) is 0.155. The lowest BCUT2D eigenvalue weighted by atomic mass is 9.78. The number of carbonyl (C=O) groups is 2. The summed E-state index contributed by atoms with van der Waals surface area (Å²) in [5, 5.41) is 3.19. The van der Waals surface area contributed by atoms with Crippen LogP contribution in [0.5, 0.6) is 0 Å². The minimum Gasteiger partial charge on any atom is -0.347 e. The van der Waals surface area contributed by atoms with Crippen LogP contribution in [0, 0.1) is 12.3 Å². The van der Waals surface area contributed by atoms with Crippen molar-refractivity contribution in [2.24, 2.45) is 5.41 Å². The van der Waals surface area contributed by atoms with Gasteiger partial charge in [-0.15, -0.1) is 11.3 Å². The normalized spacial score (nSPS) is 24.8. The predicted octanol–water partition coefficient (Wildman–Crippen LogP) is 1.35. The van der Waals surface area contributed by atoms with Crippen LogP contribution in [-0.4, -0.2) is 71.8 Å². The largest absolute Gasteiger partial charge is 0.347 e. The lowest BCUT2D eigenvalue weighted by Gasteiger charge is -2.38. The van der Waals surface area contributed by atoms with Crippen LogP contribution in [0.4, 0.5) is 0 Å². The molecule has 1 atom stereocenters. The van der Waals surface area contributed by atoms with Crippen LogP contribution < -0.4 is 0 Å². The highest BCUT2D eigenvalue weighted by Gasteiger charge is 2.49. The van der Waals surface area contributed by atoms with Crippen molar-refractivity contribution in [1.82, 2.24) is 19.7 Å². The van der Waals surface area contributed by atoms with Crippen LogP contribution in [0.3, 0.4) is 0 Å². The Labute approximate surface area is 147 Å². The molecule has 3 heterocycles. The number of hydrogen-bond acceptors (Lipinski definition) is 5. The van der Waals surface area contributed by atoms with E-state index in [2.05, 4.69) is 15.3 Å². The van der Waals surface area contributed by atoms with Crippen LogP contribution in [0.25, 0.3) is 0 Å². The minimum absolute atomic E-state index is 0.00832. The van der Waals surface area contributed by atoms with Crippen molar-refractivity contribution >= 4 is 23.2 Å². The fourth-order valence-corrected chi connectivity index (χ4v) is 4.40. The molecule has 0 aromatic carbocycles. The summed E-state index contributed by atoms with van der Waals surface area (Å²) in [4.78, 5) is 35.1. The molecule has 6 nitrogen and oxygen atoms in total. The molecule has 0 N–H and O–H groups in total. The summed E-state index contributed by atoms with van der Waals surface area (Å²) in [7, 11) is 3.47. The van der Waals surface area contributed by atoms with Gasteiger partial charge in [0.1, 0.15) is 0 Å². The molecule has 3 rings (SSSR count).